The predicted molar refractivity (Wildman–Crippen MR) is 70.5 cm³/mol. The number of H-pyrrole nitrogens is 1. The fourth-order valence-electron chi connectivity index (χ4n) is 1.89. The Morgan fingerprint density at radius 2 is 1.86 bits per heavy atom. The Labute approximate surface area is 117 Å². The van der Waals surface area contributed by atoms with Crippen molar-refractivity contribution in [3.63, 3.8) is 0 Å². The lowest BCUT2D eigenvalue weighted by Crippen LogP contribution is -2.13. The van der Waals surface area contributed by atoms with Crippen molar-refractivity contribution in [2.24, 2.45) is 0 Å². The highest BCUT2D eigenvalue weighted by Crippen LogP contribution is 2.32. The van der Waals surface area contributed by atoms with Gasteiger partial charge < -0.3 is 10.3 Å². The molecule has 0 aliphatic rings. The third-order valence-corrected chi connectivity index (χ3v) is 2.85. The molecule has 1 aromatic carbocycles. The first kappa shape index (κ1) is 13.3. The van der Waals surface area contributed by atoms with Crippen LogP contribution in [-0.2, 0) is 12.7 Å². The molecule has 0 radical (unpaired) electrons. The van der Waals surface area contributed by atoms with Crippen LogP contribution in [-0.4, -0.2) is 19.9 Å². The van der Waals surface area contributed by atoms with Crippen LogP contribution < -0.4 is 5.32 Å². The van der Waals surface area contributed by atoms with Crippen LogP contribution in [0.25, 0.3) is 11.2 Å². The summed E-state index contributed by atoms with van der Waals surface area (Å²) >= 11 is 0. The lowest BCUT2D eigenvalue weighted by molar-refractivity contribution is -0.139. The van der Waals surface area contributed by atoms with Crippen LogP contribution in [0.3, 0.4) is 0 Å². The summed E-state index contributed by atoms with van der Waals surface area (Å²) in [5, 5.41) is 2.78. The molecule has 0 fully saturated rings. The first-order chi connectivity index (χ1) is 10.0. The fraction of sp³-hybridized carbons (Fsp3) is 0.154. The molecule has 3 aromatic rings. The summed E-state index contributed by atoms with van der Waals surface area (Å²) in [7, 11) is 0. The first-order valence-corrected chi connectivity index (χ1v) is 6.10. The summed E-state index contributed by atoms with van der Waals surface area (Å²) in [5.74, 6) is -0.106. The summed E-state index contributed by atoms with van der Waals surface area (Å²) in [6, 6.07) is 9.25. The number of halogens is 3. The van der Waals surface area contributed by atoms with Crippen LogP contribution in [0.5, 0.6) is 0 Å². The highest BCUT2D eigenvalue weighted by Gasteiger charge is 2.36. The molecule has 0 saturated heterocycles. The Kier molecular flexibility index (Phi) is 3.20. The molecule has 108 valence electrons. The number of hydrogen-bond donors (Lipinski definition) is 2. The highest BCUT2D eigenvalue weighted by molar-refractivity contribution is 5.74. The number of imidazole rings is 1. The Balaban J connectivity index is 1.92. The first-order valence-electron chi connectivity index (χ1n) is 6.10. The molecule has 3 rings (SSSR count). The monoisotopic (exact) mass is 293 g/mol. The van der Waals surface area contributed by atoms with E-state index in [2.05, 4.69) is 25.3 Å². The molecule has 0 aliphatic heterocycles. The molecule has 0 atom stereocenters. The van der Waals surface area contributed by atoms with Gasteiger partial charge in [0, 0.05) is 6.54 Å². The number of nitrogens with one attached hydrogen (secondary N) is 2. The van der Waals surface area contributed by atoms with Crippen LogP contribution in [0.1, 0.15) is 11.3 Å². The normalized spacial score (nSPS) is 11.8. The van der Waals surface area contributed by atoms with Crippen LogP contribution in [0.4, 0.5) is 19.1 Å². The molecule has 5 nitrogen and oxygen atoms in total. The smallest absolute Gasteiger partial charge is 0.350 e. The second-order valence-electron chi connectivity index (χ2n) is 4.33. The number of aromatic nitrogens is 4. The van der Waals surface area contributed by atoms with Gasteiger partial charge in [0.25, 0.3) is 0 Å². The third kappa shape index (κ3) is 2.78. The molecule has 8 heteroatoms. The number of nitrogens with zero attached hydrogens (tertiary/aromatic N) is 3. The number of benzene rings is 1. The van der Waals surface area contributed by atoms with Crippen molar-refractivity contribution < 1.29 is 13.2 Å². The van der Waals surface area contributed by atoms with Crippen LogP contribution in [0.2, 0.25) is 0 Å². The van der Waals surface area contributed by atoms with Crippen molar-refractivity contribution in [3.05, 3.63) is 47.9 Å². The van der Waals surface area contributed by atoms with E-state index in [1.54, 1.807) is 0 Å². The number of aromatic amines is 1. The minimum atomic E-state index is -4.57. The van der Waals surface area contributed by atoms with Crippen LogP contribution >= 0.6 is 0 Å². The summed E-state index contributed by atoms with van der Waals surface area (Å²) in [4.78, 5) is 13.7. The third-order valence-electron chi connectivity index (χ3n) is 2.85. The van der Waals surface area contributed by atoms with Gasteiger partial charge in [0.2, 0.25) is 5.95 Å². The van der Waals surface area contributed by atoms with Crippen molar-refractivity contribution in [1.29, 1.82) is 0 Å². The maximum Gasteiger partial charge on any atom is 0.435 e. The molecular weight excluding hydrogens is 283 g/mol. The average molecular weight is 293 g/mol. The van der Waals surface area contributed by atoms with E-state index in [0.29, 0.717) is 6.54 Å². The molecule has 0 aliphatic carbocycles. The van der Waals surface area contributed by atoms with Gasteiger partial charge in [0.05, 0.1) is 6.33 Å². The van der Waals surface area contributed by atoms with Crippen LogP contribution in [0, 0.1) is 0 Å². The summed E-state index contributed by atoms with van der Waals surface area (Å²) in [6.45, 7) is 0.327. The summed E-state index contributed by atoms with van der Waals surface area (Å²) < 4.78 is 38.9. The Morgan fingerprint density at radius 1 is 1.10 bits per heavy atom. The number of hydrogen-bond acceptors (Lipinski definition) is 4. The molecule has 0 saturated carbocycles. The molecule has 0 unspecified atom stereocenters. The molecule has 2 N–H and O–H groups in total. The number of anilines is 1. The van der Waals surface area contributed by atoms with Gasteiger partial charge in [-0.1, -0.05) is 30.3 Å². The highest BCUT2D eigenvalue weighted by atomic mass is 19.4. The minimum absolute atomic E-state index is 0.0205. The van der Waals surface area contributed by atoms with E-state index in [-0.39, 0.29) is 17.1 Å². The van der Waals surface area contributed by atoms with E-state index in [1.165, 1.54) is 0 Å². The number of fused-ring (bicyclic) bond motifs is 1. The van der Waals surface area contributed by atoms with Crippen molar-refractivity contribution in [2.75, 3.05) is 5.32 Å². The largest absolute Gasteiger partial charge is 0.435 e. The standard InChI is InChI=1S/C13H10F3N5/c14-13(15,16)10-9-11(19-7-18-9)21-12(20-10)17-6-8-4-2-1-3-5-8/h1-5,7H,6H2,(H2,17,18,19,20,21). The molecule has 21 heavy (non-hydrogen) atoms. The molecule has 0 bridgehead atoms. The van der Waals surface area contributed by atoms with E-state index >= 15 is 0 Å². The summed E-state index contributed by atoms with van der Waals surface area (Å²) in [6.07, 6.45) is -3.41. The van der Waals surface area contributed by atoms with Gasteiger partial charge in [-0.2, -0.15) is 18.2 Å². The maximum atomic E-state index is 13.0. The minimum Gasteiger partial charge on any atom is -0.350 e. The average Bonchev–Trinajstić information content (AvgIpc) is 2.92. The van der Waals surface area contributed by atoms with E-state index < -0.39 is 11.9 Å². The zero-order valence-electron chi connectivity index (χ0n) is 10.6. The van der Waals surface area contributed by atoms with Crippen molar-refractivity contribution in [2.45, 2.75) is 12.7 Å². The molecular formula is C13H10F3N5. The van der Waals surface area contributed by atoms with Gasteiger partial charge in [-0.25, -0.2) is 9.97 Å². The zero-order valence-corrected chi connectivity index (χ0v) is 10.6. The summed E-state index contributed by atoms with van der Waals surface area (Å²) in [5.41, 5.74) is -0.349. The van der Waals surface area contributed by atoms with E-state index in [1.807, 2.05) is 30.3 Å². The fourth-order valence-corrected chi connectivity index (χ4v) is 1.89. The van der Waals surface area contributed by atoms with Gasteiger partial charge in [-0.15, -0.1) is 0 Å². The number of alkyl halides is 3. The molecule has 0 amide bonds. The topological polar surface area (TPSA) is 66.5 Å². The molecule has 2 aromatic heterocycles. The van der Waals surface area contributed by atoms with E-state index in [0.717, 1.165) is 11.9 Å². The van der Waals surface area contributed by atoms with E-state index in [4.69, 9.17) is 0 Å². The SMILES string of the molecule is FC(F)(F)c1nc(NCc2ccccc2)nc2nc[nH]c12. The lowest BCUT2D eigenvalue weighted by Gasteiger charge is -2.09. The second kappa shape index (κ2) is 5.04. The second-order valence-corrected chi connectivity index (χ2v) is 4.33. The molecule has 0 spiro atoms. The Morgan fingerprint density at radius 3 is 2.57 bits per heavy atom. The maximum absolute atomic E-state index is 13.0. The zero-order chi connectivity index (χ0) is 14.9. The Hall–Kier alpha value is -2.64. The van der Waals surface area contributed by atoms with E-state index in [9.17, 15) is 13.2 Å². The van der Waals surface area contributed by atoms with Crippen molar-refractivity contribution in [3.8, 4) is 0 Å². The predicted octanol–water partition coefficient (Wildman–Crippen LogP) is 2.98. The van der Waals surface area contributed by atoms with Crippen LogP contribution in [0.15, 0.2) is 36.7 Å². The van der Waals surface area contributed by atoms with Gasteiger partial charge >= 0.3 is 6.18 Å². The quantitative estimate of drug-likeness (QED) is 0.779. The van der Waals surface area contributed by atoms with Gasteiger partial charge in [0.1, 0.15) is 5.52 Å². The van der Waals surface area contributed by atoms with Gasteiger partial charge in [0.15, 0.2) is 11.3 Å². The van der Waals surface area contributed by atoms with Crippen molar-refractivity contribution >= 4 is 17.1 Å². The van der Waals surface area contributed by atoms with Gasteiger partial charge in [-0.05, 0) is 5.56 Å². The Bertz CT molecular complexity index is 751. The number of rotatable bonds is 3. The van der Waals surface area contributed by atoms with Crippen molar-refractivity contribution in [1.82, 2.24) is 19.9 Å². The molecule has 2 heterocycles. The van der Waals surface area contributed by atoms with Gasteiger partial charge in [-0.3, -0.25) is 0 Å². The lowest BCUT2D eigenvalue weighted by atomic mass is 10.2.